The molecule has 0 saturated carbocycles. The van der Waals surface area contributed by atoms with Gasteiger partial charge < -0.3 is 15.0 Å². The number of hydrogen-bond donors (Lipinski definition) is 1. The SMILES string of the molecule is CC(C)(C)OC(=O)N1CCC(CNCc2ccncc2)CC1. The third-order valence-corrected chi connectivity index (χ3v) is 3.78. The van der Waals surface area contributed by atoms with Crippen LogP contribution in [0.15, 0.2) is 24.5 Å². The van der Waals surface area contributed by atoms with Gasteiger partial charge in [-0.15, -0.1) is 0 Å². The molecule has 0 unspecified atom stereocenters. The molecule has 2 heterocycles. The number of carbonyl (C=O) groups excluding carboxylic acids is 1. The average molecular weight is 305 g/mol. The molecule has 22 heavy (non-hydrogen) atoms. The van der Waals surface area contributed by atoms with Gasteiger partial charge in [0.05, 0.1) is 0 Å². The largest absolute Gasteiger partial charge is 0.444 e. The predicted octanol–water partition coefficient (Wildman–Crippen LogP) is 2.82. The molecule has 0 spiro atoms. The first-order chi connectivity index (χ1) is 10.4. The van der Waals surface area contributed by atoms with Crippen LogP contribution in [-0.4, -0.2) is 41.2 Å². The third-order valence-electron chi connectivity index (χ3n) is 3.78. The summed E-state index contributed by atoms with van der Waals surface area (Å²) in [6.45, 7) is 9.15. The van der Waals surface area contributed by atoms with Gasteiger partial charge in [0.2, 0.25) is 0 Å². The molecule has 5 heteroatoms. The van der Waals surface area contributed by atoms with Crippen LogP contribution in [0.5, 0.6) is 0 Å². The summed E-state index contributed by atoms with van der Waals surface area (Å²) in [6, 6.07) is 4.05. The smallest absolute Gasteiger partial charge is 0.410 e. The topological polar surface area (TPSA) is 54.5 Å². The first kappa shape index (κ1) is 16.7. The van der Waals surface area contributed by atoms with Crippen molar-refractivity contribution in [2.45, 2.75) is 45.8 Å². The average Bonchev–Trinajstić information content (AvgIpc) is 2.47. The summed E-state index contributed by atoms with van der Waals surface area (Å²) < 4.78 is 5.42. The lowest BCUT2D eigenvalue weighted by molar-refractivity contribution is 0.0184. The molecule has 1 fully saturated rings. The maximum absolute atomic E-state index is 12.0. The second-order valence-electron chi connectivity index (χ2n) is 6.90. The van der Waals surface area contributed by atoms with Gasteiger partial charge in [0.15, 0.2) is 0 Å². The first-order valence-corrected chi connectivity index (χ1v) is 8.01. The highest BCUT2D eigenvalue weighted by atomic mass is 16.6. The van der Waals surface area contributed by atoms with E-state index in [9.17, 15) is 4.79 Å². The van der Waals surface area contributed by atoms with Gasteiger partial charge in [-0.1, -0.05) is 0 Å². The Balaban J connectivity index is 1.66. The lowest BCUT2D eigenvalue weighted by atomic mass is 9.97. The molecule has 0 radical (unpaired) electrons. The summed E-state index contributed by atoms with van der Waals surface area (Å²) in [4.78, 5) is 17.8. The molecule has 1 aromatic heterocycles. The highest BCUT2D eigenvalue weighted by Crippen LogP contribution is 2.19. The highest BCUT2D eigenvalue weighted by Gasteiger charge is 2.26. The fourth-order valence-corrected chi connectivity index (χ4v) is 2.57. The fraction of sp³-hybridized carbons (Fsp3) is 0.647. The minimum absolute atomic E-state index is 0.185. The van der Waals surface area contributed by atoms with Gasteiger partial charge in [0.25, 0.3) is 0 Å². The van der Waals surface area contributed by atoms with Crippen LogP contribution in [0.1, 0.15) is 39.2 Å². The highest BCUT2D eigenvalue weighted by molar-refractivity contribution is 5.68. The third kappa shape index (κ3) is 5.64. The van der Waals surface area contributed by atoms with Crippen molar-refractivity contribution >= 4 is 6.09 Å². The molecular formula is C17H27N3O2. The zero-order chi connectivity index (χ0) is 16.0. The zero-order valence-corrected chi connectivity index (χ0v) is 13.8. The number of nitrogens with zero attached hydrogens (tertiary/aromatic N) is 2. The molecule has 122 valence electrons. The molecule has 0 bridgehead atoms. The van der Waals surface area contributed by atoms with E-state index in [2.05, 4.69) is 10.3 Å². The Morgan fingerprint density at radius 3 is 2.55 bits per heavy atom. The van der Waals surface area contributed by atoms with Crippen molar-refractivity contribution in [3.05, 3.63) is 30.1 Å². The fourth-order valence-electron chi connectivity index (χ4n) is 2.57. The van der Waals surface area contributed by atoms with Crippen LogP contribution >= 0.6 is 0 Å². The van der Waals surface area contributed by atoms with E-state index in [4.69, 9.17) is 4.74 Å². The molecule has 2 rings (SSSR count). The molecular weight excluding hydrogens is 278 g/mol. The van der Waals surface area contributed by atoms with Crippen LogP contribution in [0.3, 0.4) is 0 Å². The molecule has 1 amide bonds. The van der Waals surface area contributed by atoms with Gasteiger partial charge >= 0.3 is 6.09 Å². The standard InChI is InChI=1S/C17H27N3O2/c1-17(2,3)22-16(21)20-10-6-15(7-11-20)13-19-12-14-4-8-18-9-5-14/h4-5,8-9,15,19H,6-7,10-13H2,1-3H3. The molecule has 1 saturated heterocycles. The van der Waals surface area contributed by atoms with Crippen molar-refractivity contribution in [2.75, 3.05) is 19.6 Å². The van der Waals surface area contributed by atoms with E-state index in [0.717, 1.165) is 39.0 Å². The lowest BCUT2D eigenvalue weighted by Gasteiger charge is -2.33. The number of carbonyl (C=O) groups is 1. The van der Waals surface area contributed by atoms with Gasteiger partial charge in [-0.2, -0.15) is 0 Å². The summed E-state index contributed by atoms with van der Waals surface area (Å²) in [5.41, 5.74) is 0.834. The monoisotopic (exact) mass is 305 g/mol. The molecule has 1 aliphatic heterocycles. The number of amides is 1. The Morgan fingerprint density at radius 2 is 1.95 bits per heavy atom. The maximum Gasteiger partial charge on any atom is 0.410 e. The van der Waals surface area contributed by atoms with E-state index < -0.39 is 5.60 Å². The van der Waals surface area contributed by atoms with E-state index in [1.165, 1.54) is 5.56 Å². The normalized spacial score (nSPS) is 16.6. The van der Waals surface area contributed by atoms with E-state index in [0.29, 0.717) is 5.92 Å². The van der Waals surface area contributed by atoms with Gasteiger partial charge in [-0.05, 0) is 63.8 Å². The Kier molecular flexibility index (Phi) is 5.77. The number of rotatable bonds is 4. The first-order valence-electron chi connectivity index (χ1n) is 8.01. The van der Waals surface area contributed by atoms with Gasteiger partial charge in [-0.3, -0.25) is 4.98 Å². The number of hydrogen-bond acceptors (Lipinski definition) is 4. The van der Waals surface area contributed by atoms with Gasteiger partial charge in [-0.25, -0.2) is 4.79 Å². The number of pyridine rings is 1. The Bertz CT molecular complexity index is 463. The number of likely N-dealkylation sites (tertiary alicyclic amines) is 1. The Labute approximate surface area is 133 Å². The van der Waals surface area contributed by atoms with Crippen LogP contribution in [0.4, 0.5) is 4.79 Å². The van der Waals surface area contributed by atoms with E-state index >= 15 is 0 Å². The summed E-state index contributed by atoms with van der Waals surface area (Å²) in [7, 11) is 0. The quantitative estimate of drug-likeness (QED) is 0.929. The molecule has 0 atom stereocenters. The van der Waals surface area contributed by atoms with Crippen molar-refractivity contribution in [3.63, 3.8) is 0 Å². The summed E-state index contributed by atoms with van der Waals surface area (Å²) >= 11 is 0. The van der Waals surface area contributed by atoms with Crippen molar-refractivity contribution < 1.29 is 9.53 Å². The van der Waals surface area contributed by atoms with Crippen molar-refractivity contribution in [3.8, 4) is 0 Å². The second-order valence-corrected chi connectivity index (χ2v) is 6.90. The van der Waals surface area contributed by atoms with Gasteiger partial charge in [0.1, 0.15) is 5.60 Å². The van der Waals surface area contributed by atoms with E-state index in [-0.39, 0.29) is 6.09 Å². The Morgan fingerprint density at radius 1 is 1.32 bits per heavy atom. The minimum atomic E-state index is -0.417. The summed E-state index contributed by atoms with van der Waals surface area (Å²) in [5, 5.41) is 3.49. The van der Waals surface area contributed by atoms with Crippen molar-refractivity contribution in [1.82, 2.24) is 15.2 Å². The summed E-state index contributed by atoms with van der Waals surface area (Å²) in [5.74, 6) is 0.625. The number of aromatic nitrogens is 1. The van der Waals surface area contributed by atoms with Crippen LogP contribution in [-0.2, 0) is 11.3 Å². The zero-order valence-electron chi connectivity index (χ0n) is 13.8. The second kappa shape index (κ2) is 7.58. The molecule has 5 nitrogen and oxygen atoms in total. The van der Waals surface area contributed by atoms with E-state index in [1.54, 1.807) is 0 Å². The molecule has 1 aromatic rings. The maximum atomic E-state index is 12.0. The summed E-state index contributed by atoms with van der Waals surface area (Å²) in [6.07, 6.45) is 5.51. The number of nitrogens with one attached hydrogen (secondary N) is 1. The lowest BCUT2D eigenvalue weighted by Crippen LogP contribution is -2.43. The number of piperidine rings is 1. The molecule has 1 N–H and O–H groups in total. The minimum Gasteiger partial charge on any atom is -0.444 e. The molecule has 0 aliphatic carbocycles. The van der Waals surface area contributed by atoms with E-state index in [1.807, 2.05) is 50.2 Å². The van der Waals surface area contributed by atoms with Crippen LogP contribution in [0, 0.1) is 5.92 Å². The van der Waals surface area contributed by atoms with Crippen molar-refractivity contribution in [1.29, 1.82) is 0 Å². The van der Waals surface area contributed by atoms with Crippen molar-refractivity contribution in [2.24, 2.45) is 5.92 Å². The number of ether oxygens (including phenoxy) is 1. The molecule has 1 aliphatic rings. The Hall–Kier alpha value is -1.62. The predicted molar refractivity (Wildman–Crippen MR) is 86.5 cm³/mol. The van der Waals surface area contributed by atoms with Crippen LogP contribution in [0.25, 0.3) is 0 Å². The van der Waals surface area contributed by atoms with Gasteiger partial charge in [0, 0.05) is 32.0 Å². The van der Waals surface area contributed by atoms with Crippen LogP contribution < -0.4 is 5.32 Å². The van der Waals surface area contributed by atoms with Crippen LogP contribution in [0.2, 0.25) is 0 Å². The molecule has 0 aromatic carbocycles.